The maximum absolute atomic E-state index is 13.1. The van der Waals surface area contributed by atoms with Crippen LogP contribution in [0.4, 0.5) is 10.5 Å². The predicted octanol–water partition coefficient (Wildman–Crippen LogP) is 1.51. The molecule has 2 aromatic rings. The standard InChI is InChI=1S/C24H28N4O7S/c1-3-35-20-10-9-18(36(32,33)27-11-13-34-14-12-27)15-19(20)25-21(29)16-28-22(30)24(2,26-23(28)31)17-7-5-4-6-8-17/h4-10,15H,3,11-14,16H2,1-2H3,(H,25,29)(H,26,31)/t24-/m0/s1. The molecule has 0 unspecified atom stereocenters. The van der Waals surface area contributed by atoms with E-state index in [0.29, 0.717) is 18.8 Å². The summed E-state index contributed by atoms with van der Waals surface area (Å²) in [6.45, 7) is 4.10. The Labute approximate surface area is 209 Å². The van der Waals surface area contributed by atoms with Gasteiger partial charge in [-0.15, -0.1) is 0 Å². The van der Waals surface area contributed by atoms with Gasteiger partial charge in [-0.25, -0.2) is 13.2 Å². The molecule has 0 spiro atoms. The van der Waals surface area contributed by atoms with Gasteiger partial charge in [-0.1, -0.05) is 30.3 Å². The summed E-state index contributed by atoms with van der Waals surface area (Å²) in [7, 11) is -3.82. The molecule has 36 heavy (non-hydrogen) atoms. The Morgan fingerprint density at radius 3 is 2.50 bits per heavy atom. The quantitative estimate of drug-likeness (QED) is 0.508. The molecular weight excluding hydrogens is 488 g/mol. The number of carbonyl (C=O) groups is 3. The Bertz CT molecular complexity index is 1260. The molecule has 0 aliphatic carbocycles. The number of hydrogen-bond acceptors (Lipinski definition) is 7. The van der Waals surface area contributed by atoms with Gasteiger partial charge in [0.25, 0.3) is 5.91 Å². The van der Waals surface area contributed by atoms with Gasteiger partial charge in [0.2, 0.25) is 15.9 Å². The summed E-state index contributed by atoms with van der Waals surface area (Å²) in [5.41, 5.74) is -0.596. The molecule has 4 amide bonds. The fourth-order valence-corrected chi connectivity index (χ4v) is 5.56. The molecule has 1 atom stereocenters. The Kier molecular flexibility index (Phi) is 7.29. The van der Waals surface area contributed by atoms with Crippen molar-refractivity contribution >= 4 is 33.6 Å². The van der Waals surface area contributed by atoms with Gasteiger partial charge >= 0.3 is 6.03 Å². The van der Waals surface area contributed by atoms with Crippen molar-refractivity contribution in [2.75, 3.05) is 44.8 Å². The highest BCUT2D eigenvalue weighted by Gasteiger charge is 2.49. The molecule has 2 aliphatic rings. The van der Waals surface area contributed by atoms with E-state index in [1.165, 1.54) is 22.5 Å². The first kappa shape index (κ1) is 25.6. The van der Waals surface area contributed by atoms with Gasteiger partial charge in [-0.3, -0.25) is 14.5 Å². The minimum atomic E-state index is -3.82. The lowest BCUT2D eigenvalue weighted by Gasteiger charge is -2.26. The summed E-state index contributed by atoms with van der Waals surface area (Å²) >= 11 is 0. The van der Waals surface area contributed by atoms with E-state index in [-0.39, 0.29) is 36.0 Å². The summed E-state index contributed by atoms with van der Waals surface area (Å²) in [6.07, 6.45) is 0. The van der Waals surface area contributed by atoms with Crippen molar-refractivity contribution in [3.63, 3.8) is 0 Å². The summed E-state index contributed by atoms with van der Waals surface area (Å²) < 4.78 is 38.3. The maximum Gasteiger partial charge on any atom is 0.325 e. The van der Waals surface area contributed by atoms with Crippen molar-refractivity contribution in [3.05, 3.63) is 54.1 Å². The van der Waals surface area contributed by atoms with E-state index < -0.39 is 40.0 Å². The number of nitrogens with zero attached hydrogens (tertiary/aromatic N) is 2. The smallest absolute Gasteiger partial charge is 0.325 e. The molecule has 2 saturated heterocycles. The molecule has 0 radical (unpaired) electrons. The Hall–Kier alpha value is -3.48. The van der Waals surface area contributed by atoms with Crippen LogP contribution in [0.3, 0.4) is 0 Å². The highest BCUT2D eigenvalue weighted by atomic mass is 32.2. The lowest BCUT2D eigenvalue weighted by molar-refractivity contribution is -0.133. The Balaban J connectivity index is 1.54. The maximum atomic E-state index is 13.1. The third-order valence-corrected chi connectivity index (χ3v) is 7.96. The van der Waals surface area contributed by atoms with E-state index >= 15 is 0 Å². The fourth-order valence-electron chi connectivity index (χ4n) is 4.13. The lowest BCUT2D eigenvalue weighted by atomic mass is 9.92. The fraction of sp³-hybridized carbons (Fsp3) is 0.375. The van der Waals surface area contributed by atoms with E-state index in [2.05, 4.69) is 10.6 Å². The van der Waals surface area contributed by atoms with E-state index in [1.54, 1.807) is 44.2 Å². The number of carbonyl (C=O) groups excluding carboxylic acids is 3. The number of ether oxygens (including phenoxy) is 2. The zero-order chi connectivity index (χ0) is 25.9. The van der Waals surface area contributed by atoms with Gasteiger partial charge < -0.3 is 20.1 Å². The van der Waals surface area contributed by atoms with Crippen LogP contribution in [0.15, 0.2) is 53.4 Å². The second-order valence-electron chi connectivity index (χ2n) is 8.47. The van der Waals surface area contributed by atoms with Crippen molar-refractivity contribution in [1.29, 1.82) is 0 Å². The number of hydrogen-bond donors (Lipinski definition) is 2. The van der Waals surface area contributed by atoms with Crippen LogP contribution in [0.1, 0.15) is 19.4 Å². The molecule has 12 heteroatoms. The van der Waals surface area contributed by atoms with Crippen LogP contribution in [-0.2, 0) is 29.9 Å². The molecule has 4 rings (SSSR count). The van der Waals surface area contributed by atoms with Gasteiger partial charge in [0.1, 0.15) is 17.8 Å². The van der Waals surface area contributed by atoms with Crippen LogP contribution in [-0.4, -0.2) is 74.9 Å². The predicted molar refractivity (Wildman–Crippen MR) is 130 cm³/mol. The number of nitrogens with one attached hydrogen (secondary N) is 2. The highest BCUT2D eigenvalue weighted by Crippen LogP contribution is 2.31. The van der Waals surface area contributed by atoms with Crippen LogP contribution in [0.2, 0.25) is 0 Å². The average molecular weight is 517 g/mol. The largest absolute Gasteiger partial charge is 0.492 e. The number of sulfonamides is 1. The van der Waals surface area contributed by atoms with Gasteiger partial charge in [0.05, 0.1) is 30.4 Å². The topological polar surface area (TPSA) is 134 Å². The monoisotopic (exact) mass is 516 g/mol. The second kappa shape index (κ2) is 10.2. The highest BCUT2D eigenvalue weighted by molar-refractivity contribution is 7.89. The zero-order valence-corrected chi connectivity index (χ0v) is 20.8. The summed E-state index contributed by atoms with van der Waals surface area (Å²) in [4.78, 5) is 39.4. The molecule has 192 valence electrons. The van der Waals surface area contributed by atoms with Gasteiger partial charge in [0, 0.05) is 13.1 Å². The minimum Gasteiger partial charge on any atom is -0.492 e. The van der Waals surface area contributed by atoms with Gasteiger partial charge in [0.15, 0.2) is 0 Å². The Morgan fingerprint density at radius 1 is 1.14 bits per heavy atom. The third-order valence-electron chi connectivity index (χ3n) is 6.06. The Morgan fingerprint density at radius 2 is 1.83 bits per heavy atom. The number of urea groups is 1. The zero-order valence-electron chi connectivity index (χ0n) is 20.0. The van der Waals surface area contributed by atoms with Crippen LogP contribution in [0, 0.1) is 0 Å². The number of morpholine rings is 1. The SMILES string of the molecule is CCOc1ccc(S(=O)(=O)N2CCOCC2)cc1NC(=O)CN1C(=O)N[C@@](C)(c2ccccc2)C1=O. The van der Waals surface area contributed by atoms with Crippen molar-refractivity contribution in [2.24, 2.45) is 0 Å². The number of benzene rings is 2. The first-order valence-electron chi connectivity index (χ1n) is 11.5. The van der Waals surface area contributed by atoms with E-state index in [9.17, 15) is 22.8 Å². The molecule has 2 aromatic carbocycles. The van der Waals surface area contributed by atoms with Crippen LogP contribution >= 0.6 is 0 Å². The average Bonchev–Trinajstić information content (AvgIpc) is 3.10. The molecule has 0 bridgehead atoms. The second-order valence-corrected chi connectivity index (χ2v) is 10.4. The number of rotatable bonds is 8. The molecule has 11 nitrogen and oxygen atoms in total. The van der Waals surface area contributed by atoms with Crippen LogP contribution in [0.5, 0.6) is 5.75 Å². The molecule has 0 aromatic heterocycles. The van der Waals surface area contributed by atoms with Crippen molar-refractivity contribution in [1.82, 2.24) is 14.5 Å². The molecule has 0 saturated carbocycles. The number of imide groups is 1. The summed E-state index contributed by atoms with van der Waals surface area (Å²) in [5.74, 6) is -0.988. The number of amides is 4. The van der Waals surface area contributed by atoms with Crippen molar-refractivity contribution < 1.29 is 32.3 Å². The molecule has 2 fully saturated rings. The van der Waals surface area contributed by atoms with Crippen LogP contribution in [0.25, 0.3) is 0 Å². The van der Waals surface area contributed by atoms with Gasteiger partial charge in [-0.05, 0) is 37.6 Å². The number of anilines is 1. The van der Waals surface area contributed by atoms with Crippen molar-refractivity contribution in [2.45, 2.75) is 24.3 Å². The molecule has 2 heterocycles. The van der Waals surface area contributed by atoms with E-state index in [4.69, 9.17) is 9.47 Å². The minimum absolute atomic E-state index is 0.0187. The first-order chi connectivity index (χ1) is 17.2. The first-order valence-corrected chi connectivity index (χ1v) is 12.9. The molecule has 2 aliphatic heterocycles. The van der Waals surface area contributed by atoms with Crippen molar-refractivity contribution in [3.8, 4) is 5.75 Å². The third kappa shape index (κ3) is 4.92. The lowest BCUT2D eigenvalue weighted by Crippen LogP contribution is -2.42. The van der Waals surface area contributed by atoms with E-state index in [0.717, 1.165) is 4.90 Å². The van der Waals surface area contributed by atoms with E-state index in [1.807, 2.05) is 0 Å². The molecule has 2 N–H and O–H groups in total. The van der Waals surface area contributed by atoms with Crippen LogP contribution < -0.4 is 15.4 Å². The normalized spacial score (nSPS) is 20.8. The molecular formula is C24H28N4O7S. The summed E-state index contributed by atoms with van der Waals surface area (Å²) in [6, 6.07) is 12.2. The summed E-state index contributed by atoms with van der Waals surface area (Å²) in [5, 5.41) is 5.25. The van der Waals surface area contributed by atoms with Gasteiger partial charge in [-0.2, -0.15) is 4.31 Å².